The van der Waals surface area contributed by atoms with Crippen molar-refractivity contribution in [3.05, 3.63) is 59.7 Å². The lowest BCUT2D eigenvalue weighted by molar-refractivity contribution is 0.114. The second-order valence-electron chi connectivity index (χ2n) is 8.28. The first-order chi connectivity index (χ1) is 14.7. The molecule has 6 nitrogen and oxygen atoms in total. The summed E-state index contributed by atoms with van der Waals surface area (Å²) in [6, 6.07) is 17.7. The lowest BCUT2D eigenvalue weighted by atomic mass is 9.96. The first-order valence-electron chi connectivity index (χ1n) is 10.8. The fourth-order valence-corrected chi connectivity index (χ4v) is 4.84. The average Bonchev–Trinajstić information content (AvgIpc) is 3.00. The van der Waals surface area contributed by atoms with Gasteiger partial charge >= 0.3 is 0 Å². The van der Waals surface area contributed by atoms with Crippen molar-refractivity contribution in [1.29, 1.82) is 0 Å². The van der Waals surface area contributed by atoms with Gasteiger partial charge in [0.05, 0.1) is 7.11 Å². The van der Waals surface area contributed by atoms with Crippen molar-refractivity contribution in [3.63, 3.8) is 0 Å². The zero-order valence-electron chi connectivity index (χ0n) is 18.3. The lowest BCUT2D eigenvalue weighted by Crippen LogP contribution is -2.52. The number of rotatable bonds is 6. The number of ether oxygens (including phenoxy) is 1. The van der Waals surface area contributed by atoms with Crippen LogP contribution in [0.15, 0.2) is 53.5 Å². The van der Waals surface area contributed by atoms with Crippen molar-refractivity contribution in [2.24, 2.45) is 4.99 Å². The molecule has 0 amide bonds. The van der Waals surface area contributed by atoms with Gasteiger partial charge in [0.25, 0.3) is 0 Å². The maximum atomic E-state index is 10.1. The van der Waals surface area contributed by atoms with Crippen LogP contribution < -0.4 is 15.4 Å². The van der Waals surface area contributed by atoms with Gasteiger partial charge in [0.15, 0.2) is 5.96 Å². The number of benzene rings is 2. The number of piperidine rings is 1. The summed E-state index contributed by atoms with van der Waals surface area (Å²) < 4.78 is 5.26. The third kappa shape index (κ3) is 5.83. The van der Waals surface area contributed by atoms with Crippen molar-refractivity contribution < 1.29 is 9.84 Å². The van der Waals surface area contributed by atoms with Crippen LogP contribution in [-0.4, -0.2) is 48.2 Å². The van der Waals surface area contributed by atoms with Gasteiger partial charge in [-0.2, -0.15) is 0 Å². The van der Waals surface area contributed by atoms with Crippen LogP contribution in [0.2, 0.25) is 0 Å². The molecule has 0 aromatic heterocycles. The van der Waals surface area contributed by atoms with Crippen LogP contribution in [-0.2, 0) is 13.1 Å². The molecule has 2 bridgehead atoms. The number of nitrogens with zero attached hydrogens (tertiary/aromatic N) is 2. The van der Waals surface area contributed by atoms with Crippen LogP contribution in [0.25, 0.3) is 0 Å². The Kier molecular flexibility index (Phi) is 8.43. The van der Waals surface area contributed by atoms with Crippen molar-refractivity contribution in [2.75, 3.05) is 14.2 Å². The smallest absolute Gasteiger partial charge is 0.191 e. The van der Waals surface area contributed by atoms with Gasteiger partial charge in [0, 0.05) is 43.8 Å². The summed E-state index contributed by atoms with van der Waals surface area (Å²) in [6.45, 7) is 1.54. The van der Waals surface area contributed by atoms with Gasteiger partial charge in [0.2, 0.25) is 0 Å². The first kappa shape index (κ1) is 23.7. The van der Waals surface area contributed by atoms with Crippen LogP contribution in [0.4, 0.5) is 0 Å². The van der Waals surface area contributed by atoms with E-state index in [4.69, 9.17) is 4.74 Å². The largest absolute Gasteiger partial charge is 0.508 e. The number of phenolic OH excluding ortho intramolecular Hbond substituents is 1. The molecule has 2 heterocycles. The standard InChI is InChI=1S/C24H32N4O2.HI/c1-25-24(26-15-18-12-22(30-2)10-11-23(18)29)27-19-13-20-8-9-21(14-19)28(20)16-17-6-4-3-5-7-17;/h3-7,10-12,19-21,29H,8-9,13-16H2,1-2H3,(H2,25,26,27);1H. The molecule has 0 radical (unpaired) electrons. The molecule has 4 rings (SSSR count). The van der Waals surface area contributed by atoms with E-state index in [0.717, 1.165) is 36.7 Å². The number of fused-ring (bicyclic) bond motifs is 2. The van der Waals surface area contributed by atoms with Crippen molar-refractivity contribution >= 4 is 29.9 Å². The van der Waals surface area contributed by atoms with Crippen molar-refractivity contribution in [1.82, 2.24) is 15.5 Å². The molecule has 2 aromatic carbocycles. The van der Waals surface area contributed by atoms with E-state index < -0.39 is 0 Å². The summed E-state index contributed by atoms with van der Waals surface area (Å²) in [5.41, 5.74) is 2.19. The Morgan fingerprint density at radius 3 is 2.48 bits per heavy atom. The zero-order valence-corrected chi connectivity index (χ0v) is 20.6. The van der Waals surface area contributed by atoms with Gasteiger partial charge in [-0.05, 0) is 49.4 Å². The SMILES string of the molecule is CN=C(NCc1cc(OC)ccc1O)NC1CC2CCC(C1)N2Cc1ccccc1.I. The van der Waals surface area contributed by atoms with Crippen LogP contribution >= 0.6 is 24.0 Å². The molecule has 3 N–H and O–H groups in total. The van der Waals surface area contributed by atoms with Crippen LogP contribution in [0.1, 0.15) is 36.8 Å². The zero-order chi connectivity index (χ0) is 20.9. The number of aromatic hydroxyl groups is 1. The molecule has 2 aromatic rings. The van der Waals surface area contributed by atoms with Crippen LogP contribution in [0.3, 0.4) is 0 Å². The fourth-order valence-electron chi connectivity index (χ4n) is 4.84. The highest BCUT2D eigenvalue weighted by molar-refractivity contribution is 14.0. The molecule has 2 aliphatic heterocycles. The minimum absolute atomic E-state index is 0. The van der Waals surface area contributed by atoms with Gasteiger partial charge in [-0.15, -0.1) is 24.0 Å². The number of phenols is 1. The van der Waals surface area contributed by atoms with E-state index in [1.54, 1.807) is 26.3 Å². The number of nitrogens with one attached hydrogen (secondary N) is 2. The number of halogens is 1. The lowest BCUT2D eigenvalue weighted by Gasteiger charge is -2.39. The predicted octanol–water partition coefficient (Wildman–Crippen LogP) is 3.88. The molecule has 2 fully saturated rings. The summed E-state index contributed by atoms with van der Waals surface area (Å²) in [5, 5.41) is 17.0. The molecule has 7 heteroatoms. The molecule has 2 atom stereocenters. The minimum Gasteiger partial charge on any atom is -0.508 e. The molecule has 0 aliphatic carbocycles. The Balaban J connectivity index is 0.00000272. The maximum Gasteiger partial charge on any atom is 0.191 e. The van der Waals surface area contributed by atoms with Gasteiger partial charge in [0.1, 0.15) is 11.5 Å². The Morgan fingerprint density at radius 1 is 1.13 bits per heavy atom. The van der Waals surface area contributed by atoms with Crippen molar-refractivity contribution in [2.45, 2.75) is 56.9 Å². The van der Waals surface area contributed by atoms with E-state index in [9.17, 15) is 5.11 Å². The second kappa shape index (κ2) is 11.0. The molecule has 2 saturated heterocycles. The Labute approximate surface area is 202 Å². The van der Waals surface area contributed by atoms with Gasteiger partial charge in [-0.1, -0.05) is 30.3 Å². The van der Waals surface area contributed by atoms with E-state index in [-0.39, 0.29) is 29.7 Å². The fraction of sp³-hybridized carbons (Fsp3) is 0.458. The van der Waals surface area contributed by atoms with Gasteiger partial charge in [-0.3, -0.25) is 9.89 Å². The molecule has 0 saturated carbocycles. The molecule has 31 heavy (non-hydrogen) atoms. The Morgan fingerprint density at radius 2 is 1.84 bits per heavy atom. The molecule has 2 unspecified atom stereocenters. The highest BCUT2D eigenvalue weighted by Crippen LogP contribution is 2.36. The van der Waals surface area contributed by atoms with Gasteiger partial charge < -0.3 is 20.5 Å². The van der Waals surface area contributed by atoms with Gasteiger partial charge in [-0.25, -0.2) is 0 Å². The monoisotopic (exact) mass is 536 g/mol. The molecular weight excluding hydrogens is 503 g/mol. The van der Waals surface area contributed by atoms with E-state index >= 15 is 0 Å². The predicted molar refractivity (Wildman–Crippen MR) is 135 cm³/mol. The third-order valence-corrected chi connectivity index (χ3v) is 6.39. The summed E-state index contributed by atoms with van der Waals surface area (Å²) >= 11 is 0. The summed E-state index contributed by atoms with van der Waals surface area (Å²) in [6.07, 6.45) is 4.82. The molecule has 2 aliphatic rings. The minimum atomic E-state index is 0. The average molecular weight is 536 g/mol. The molecular formula is C24H33IN4O2. The maximum absolute atomic E-state index is 10.1. The summed E-state index contributed by atoms with van der Waals surface area (Å²) in [7, 11) is 3.42. The van der Waals surface area contributed by atoms with Crippen molar-refractivity contribution in [3.8, 4) is 11.5 Å². The molecule has 168 valence electrons. The second-order valence-corrected chi connectivity index (χ2v) is 8.28. The number of guanidine groups is 1. The first-order valence-corrected chi connectivity index (χ1v) is 10.8. The Hall–Kier alpha value is -2.00. The highest BCUT2D eigenvalue weighted by Gasteiger charge is 2.40. The van der Waals surface area contributed by atoms with Crippen LogP contribution in [0.5, 0.6) is 11.5 Å². The van der Waals surface area contributed by atoms with Crippen LogP contribution in [0, 0.1) is 0 Å². The highest BCUT2D eigenvalue weighted by atomic mass is 127. The number of aliphatic imine (C=N–C) groups is 1. The quantitative estimate of drug-likeness (QED) is 0.297. The van der Waals surface area contributed by atoms with E-state index in [0.29, 0.717) is 24.7 Å². The Bertz CT molecular complexity index is 863. The van der Waals surface area contributed by atoms with E-state index in [1.165, 1.54) is 18.4 Å². The number of hydrogen-bond acceptors (Lipinski definition) is 4. The normalized spacial score (nSPS) is 23.2. The summed E-state index contributed by atoms with van der Waals surface area (Å²) in [5.74, 6) is 1.76. The summed E-state index contributed by atoms with van der Waals surface area (Å²) in [4.78, 5) is 7.09. The third-order valence-electron chi connectivity index (χ3n) is 6.39. The van der Waals surface area contributed by atoms with E-state index in [2.05, 4.69) is 50.9 Å². The topological polar surface area (TPSA) is 69.1 Å². The van der Waals surface area contributed by atoms with E-state index in [1.807, 2.05) is 6.07 Å². The number of hydrogen-bond donors (Lipinski definition) is 3. The number of methoxy groups -OCH3 is 1. The molecule has 0 spiro atoms.